The number of carbonyl (C=O) groups excluding carboxylic acids is 1. The summed E-state index contributed by atoms with van der Waals surface area (Å²) in [6, 6.07) is 37.4. The first-order chi connectivity index (χ1) is 30.9. The first-order valence-corrected chi connectivity index (χ1v) is 22.1. The number of allylic oxidation sites excluding steroid dienone is 1. The van der Waals surface area contributed by atoms with Gasteiger partial charge in [0, 0.05) is 43.2 Å². The Morgan fingerprint density at radius 1 is 0.921 bits per heavy atom. The molecular weight excluding hydrogens is 791 g/mol. The minimum absolute atomic E-state index is 0.00568. The van der Waals surface area contributed by atoms with Crippen molar-refractivity contribution in [1.82, 2.24) is 4.90 Å². The first kappa shape index (κ1) is 43.4. The van der Waals surface area contributed by atoms with E-state index in [0.717, 1.165) is 58.7 Å². The second kappa shape index (κ2) is 19.9. The number of hydrogen-bond donors (Lipinski definition) is 3. The molecule has 6 atom stereocenters. The molecule has 0 spiro atoms. The van der Waals surface area contributed by atoms with Gasteiger partial charge in [-0.25, -0.2) is 0 Å². The molecule has 1 fully saturated rings. The number of oxime groups is 1. The lowest BCUT2D eigenvalue weighted by Crippen LogP contribution is -2.70. The average molecular weight is 846 g/mol. The van der Waals surface area contributed by atoms with Gasteiger partial charge in [0.05, 0.1) is 29.9 Å². The predicted octanol–water partition coefficient (Wildman–Crippen LogP) is 9.59. The number of nitrogens with zero attached hydrogens (tertiary/aromatic N) is 3. The Morgan fingerprint density at radius 2 is 1.67 bits per heavy atom. The normalized spacial score (nSPS) is 22.8. The molecule has 2 aliphatic carbocycles. The fourth-order valence-electron chi connectivity index (χ4n) is 10.2. The van der Waals surface area contributed by atoms with Crippen LogP contribution in [0, 0.1) is 29.1 Å². The van der Waals surface area contributed by atoms with Crippen molar-refractivity contribution in [3.63, 3.8) is 0 Å². The molecule has 1 amide bonds. The zero-order valence-corrected chi connectivity index (χ0v) is 35.5. The van der Waals surface area contributed by atoms with Gasteiger partial charge in [0.25, 0.3) is 5.91 Å². The number of benzene rings is 5. The molecule has 5 aromatic rings. The first-order valence-electron chi connectivity index (χ1n) is 22.1. The lowest BCUT2D eigenvalue weighted by Gasteiger charge is -2.60. The maximum absolute atomic E-state index is 15.5. The number of amides is 1. The Morgan fingerprint density at radius 3 is 2.43 bits per heavy atom. The van der Waals surface area contributed by atoms with Crippen LogP contribution in [0.3, 0.4) is 0 Å². The number of nitriles is 1. The molecule has 63 heavy (non-hydrogen) atoms. The number of hydrogen-bond acceptors (Lipinski definition) is 9. The van der Waals surface area contributed by atoms with Crippen LogP contribution >= 0.6 is 0 Å². The van der Waals surface area contributed by atoms with Crippen molar-refractivity contribution in [2.45, 2.75) is 75.8 Å². The Hall–Kier alpha value is -6.25. The van der Waals surface area contributed by atoms with Gasteiger partial charge in [0.2, 0.25) is 5.79 Å². The SMILES string of the molecule is C=CCOC12Oc3ccc(O)cc3C3C(CCCCO)C(CCCCO)C=C(C(=NOCc4ccccc4)CC1N(Cc1cccc4ccccc14)C(=O)c1ccc(C#N)cc1)C32. The molecule has 0 saturated heterocycles. The predicted molar refractivity (Wildman–Crippen MR) is 243 cm³/mol. The van der Waals surface area contributed by atoms with Crippen LogP contribution in [0.5, 0.6) is 11.5 Å². The summed E-state index contributed by atoms with van der Waals surface area (Å²) >= 11 is 0. The number of phenols is 1. The molecule has 0 radical (unpaired) electrons. The van der Waals surface area contributed by atoms with Crippen molar-refractivity contribution in [3.8, 4) is 17.6 Å². The molecule has 0 bridgehead atoms. The van der Waals surface area contributed by atoms with Crippen molar-refractivity contribution >= 4 is 22.4 Å². The number of rotatable bonds is 18. The van der Waals surface area contributed by atoms with Gasteiger partial charge in [0.1, 0.15) is 24.1 Å². The van der Waals surface area contributed by atoms with Crippen molar-refractivity contribution in [2.75, 3.05) is 19.8 Å². The number of ether oxygens (including phenoxy) is 2. The van der Waals surface area contributed by atoms with Gasteiger partial charge in [-0.1, -0.05) is 103 Å². The zero-order valence-electron chi connectivity index (χ0n) is 35.5. The molecular formula is C53H55N3O7. The van der Waals surface area contributed by atoms with Crippen LogP contribution in [0.4, 0.5) is 0 Å². The Bertz CT molecular complexity index is 2490. The molecule has 6 unspecified atom stereocenters. The summed E-state index contributed by atoms with van der Waals surface area (Å²) in [5.41, 5.74) is 5.16. The van der Waals surface area contributed by atoms with E-state index in [4.69, 9.17) is 19.5 Å². The third-order valence-electron chi connectivity index (χ3n) is 13.0. The molecule has 5 aromatic carbocycles. The minimum atomic E-state index is -1.49. The quantitative estimate of drug-likeness (QED) is 0.0450. The van der Waals surface area contributed by atoms with Gasteiger partial charge in [-0.15, -0.1) is 6.58 Å². The van der Waals surface area contributed by atoms with Crippen LogP contribution < -0.4 is 4.74 Å². The van der Waals surface area contributed by atoms with E-state index in [1.807, 2.05) is 59.5 Å². The monoisotopic (exact) mass is 845 g/mol. The number of aromatic hydroxyl groups is 1. The largest absolute Gasteiger partial charge is 0.508 e. The van der Waals surface area contributed by atoms with E-state index >= 15 is 4.79 Å². The van der Waals surface area contributed by atoms with Gasteiger partial charge < -0.3 is 34.5 Å². The van der Waals surface area contributed by atoms with Crippen LogP contribution in [-0.2, 0) is 22.7 Å². The second-order valence-corrected chi connectivity index (χ2v) is 16.8. The van der Waals surface area contributed by atoms with E-state index in [2.05, 4.69) is 36.9 Å². The van der Waals surface area contributed by atoms with Crippen molar-refractivity contribution in [2.24, 2.45) is 22.9 Å². The standard InChI is InChI=1S/C53H55N3O7/c1-2-29-61-53-49(56(52(60)39-23-21-36(33-54)22-24-39)34-41-18-12-17-38-15-6-7-19-43(38)41)32-47(55-62-35-37-13-4-3-5-14-37)45-30-40(16-8-10-27-57)44(20-9-11-28-58)50(51(45)53)46-31-42(59)25-26-48(46)63-53/h2-7,12-15,17-19,21-26,30-31,40,44,49-51,57-59H,1,8-11,16,20,27-29,32,34-35H2. The van der Waals surface area contributed by atoms with Crippen molar-refractivity contribution in [3.05, 3.63) is 167 Å². The molecule has 10 nitrogen and oxygen atoms in total. The van der Waals surface area contributed by atoms with Crippen molar-refractivity contribution in [1.29, 1.82) is 5.26 Å². The highest BCUT2D eigenvalue weighted by molar-refractivity contribution is 6.03. The minimum Gasteiger partial charge on any atom is -0.508 e. The molecule has 1 aliphatic heterocycles. The fraction of sp³-hybridized carbons (Fsp3) is 0.340. The Balaban J connectivity index is 1.37. The number of unbranched alkanes of at least 4 members (excludes halogenated alkanes) is 2. The summed E-state index contributed by atoms with van der Waals surface area (Å²) in [5.74, 6) is -1.87. The Kier molecular flexibility index (Phi) is 13.7. The summed E-state index contributed by atoms with van der Waals surface area (Å²) in [6.07, 6.45) is 8.66. The average Bonchev–Trinajstić information content (AvgIpc) is 3.32. The van der Waals surface area contributed by atoms with Gasteiger partial charge >= 0.3 is 0 Å². The summed E-state index contributed by atoms with van der Waals surface area (Å²) < 4.78 is 14.5. The maximum atomic E-state index is 15.5. The number of carbonyl (C=O) groups is 1. The molecule has 324 valence electrons. The molecule has 10 heteroatoms. The molecule has 0 aromatic heterocycles. The lowest BCUT2D eigenvalue weighted by molar-refractivity contribution is -0.255. The van der Waals surface area contributed by atoms with Crippen LogP contribution in [0.15, 0.2) is 145 Å². The van der Waals surface area contributed by atoms with E-state index in [1.165, 1.54) is 0 Å². The summed E-state index contributed by atoms with van der Waals surface area (Å²) in [7, 11) is 0. The van der Waals surface area contributed by atoms with Crippen LogP contribution in [0.2, 0.25) is 0 Å². The number of aliphatic hydroxyl groups is 2. The summed E-state index contributed by atoms with van der Waals surface area (Å²) in [6.45, 7) is 4.75. The maximum Gasteiger partial charge on any atom is 0.254 e. The Labute approximate surface area is 369 Å². The smallest absolute Gasteiger partial charge is 0.254 e. The fourth-order valence-corrected chi connectivity index (χ4v) is 10.2. The van der Waals surface area contributed by atoms with E-state index in [-0.39, 0.29) is 68.8 Å². The highest BCUT2D eigenvalue weighted by Gasteiger charge is 2.65. The topological polar surface area (TPSA) is 145 Å². The summed E-state index contributed by atoms with van der Waals surface area (Å²) in [4.78, 5) is 23.6. The number of aliphatic hydroxyl groups excluding tert-OH is 2. The molecule has 3 N–H and O–H groups in total. The molecule has 8 rings (SSSR count). The van der Waals surface area contributed by atoms with Gasteiger partial charge in [0.15, 0.2) is 0 Å². The summed E-state index contributed by atoms with van der Waals surface area (Å²) in [5, 5.41) is 47.7. The molecule has 1 heterocycles. The van der Waals surface area contributed by atoms with Crippen LogP contribution in [-0.4, -0.2) is 63.5 Å². The number of fused-ring (bicyclic) bond motifs is 3. The second-order valence-electron chi connectivity index (χ2n) is 16.8. The van der Waals surface area contributed by atoms with E-state index in [9.17, 15) is 20.6 Å². The third kappa shape index (κ3) is 9.00. The van der Waals surface area contributed by atoms with E-state index in [1.54, 1.807) is 48.5 Å². The van der Waals surface area contributed by atoms with Gasteiger partial charge in [-0.05, 0) is 107 Å². The highest BCUT2D eigenvalue weighted by Crippen LogP contribution is 2.62. The van der Waals surface area contributed by atoms with Gasteiger partial charge in [-0.2, -0.15) is 5.26 Å². The van der Waals surface area contributed by atoms with Crippen molar-refractivity contribution < 1.29 is 34.4 Å². The van der Waals surface area contributed by atoms with Crippen LogP contribution in [0.25, 0.3) is 10.8 Å². The molecule has 1 saturated carbocycles. The van der Waals surface area contributed by atoms with Gasteiger partial charge in [-0.3, -0.25) is 4.79 Å². The third-order valence-corrected chi connectivity index (χ3v) is 13.0. The zero-order chi connectivity index (χ0) is 43.8. The van der Waals surface area contributed by atoms with E-state index < -0.39 is 17.7 Å². The van der Waals surface area contributed by atoms with E-state index in [0.29, 0.717) is 35.4 Å². The van der Waals surface area contributed by atoms with Crippen LogP contribution in [0.1, 0.15) is 83.5 Å². The number of phenolic OH excluding ortho intramolecular Hbond substituents is 1. The lowest BCUT2D eigenvalue weighted by atomic mass is 9.55. The molecule has 3 aliphatic rings. The highest BCUT2D eigenvalue weighted by atomic mass is 16.7.